The maximum atomic E-state index is 13.1. The molecule has 9 nitrogen and oxygen atoms in total. The van der Waals surface area contributed by atoms with Crippen molar-refractivity contribution in [2.45, 2.75) is 42.7 Å². The second kappa shape index (κ2) is 7.10. The summed E-state index contributed by atoms with van der Waals surface area (Å²) in [4.78, 5) is 39.5. The van der Waals surface area contributed by atoms with Gasteiger partial charge >= 0.3 is 5.97 Å². The molecule has 0 radical (unpaired) electrons. The molecule has 2 amide bonds. The van der Waals surface area contributed by atoms with Gasteiger partial charge in [0.25, 0.3) is 5.91 Å². The molecule has 2 saturated heterocycles. The number of rotatable bonds is 5. The Morgan fingerprint density at radius 2 is 1.83 bits per heavy atom. The number of ether oxygens (including phenoxy) is 1. The number of hydrogen-bond acceptors (Lipinski definition) is 7. The molecule has 10 heteroatoms. The summed E-state index contributed by atoms with van der Waals surface area (Å²) in [7, 11) is -1.27. The van der Waals surface area contributed by atoms with Crippen LogP contribution in [0.4, 0.5) is 0 Å². The lowest BCUT2D eigenvalue weighted by atomic mass is 9.87. The summed E-state index contributed by atoms with van der Waals surface area (Å²) in [6.07, 6.45) is -1.80. The van der Waals surface area contributed by atoms with Crippen molar-refractivity contribution < 1.29 is 32.6 Å². The number of hydrogen-bond donors (Lipinski definition) is 1. The molecule has 1 aromatic carbocycles. The topological polar surface area (TPSA) is 121 Å². The van der Waals surface area contributed by atoms with Crippen LogP contribution in [0.25, 0.3) is 0 Å². The maximum Gasteiger partial charge on any atom is 0.330 e. The summed E-state index contributed by atoms with van der Waals surface area (Å²) in [6, 6.07) is 7.50. The Balaban J connectivity index is 1.86. The molecule has 29 heavy (non-hydrogen) atoms. The summed E-state index contributed by atoms with van der Waals surface area (Å²) in [5.41, 5.74) is 0.718. The summed E-state index contributed by atoms with van der Waals surface area (Å²) >= 11 is 0. The van der Waals surface area contributed by atoms with Gasteiger partial charge in [-0.15, -0.1) is 0 Å². The number of amides is 2. The monoisotopic (exact) mass is 424 g/mol. The lowest BCUT2D eigenvalue weighted by Crippen LogP contribution is -2.68. The number of nitrogens with zero attached hydrogens (tertiary/aromatic N) is 2. The average molecular weight is 424 g/mol. The summed E-state index contributed by atoms with van der Waals surface area (Å²) in [5.74, 6) is -3.81. The minimum atomic E-state index is -4.06. The highest BCUT2D eigenvalue weighted by molar-refractivity contribution is 7.93. The highest BCUT2D eigenvalue weighted by Gasteiger charge is 2.74. The van der Waals surface area contributed by atoms with Crippen molar-refractivity contribution in [1.82, 2.24) is 9.80 Å². The normalized spacial score (nSPS) is 27.6. The van der Waals surface area contributed by atoms with Crippen LogP contribution in [0, 0.1) is 5.92 Å². The van der Waals surface area contributed by atoms with Crippen LogP contribution in [0.1, 0.15) is 19.4 Å². The predicted octanol–water partition coefficient (Wildman–Crippen LogP) is -0.461. The second-order valence-electron chi connectivity index (χ2n) is 7.98. The van der Waals surface area contributed by atoms with Crippen molar-refractivity contribution in [3.05, 3.63) is 35.9 Å². The first-order valence-electron chi connectivity index (χ1n) is 9.08. The Labute approximate surface area is 169 Å². The van der Waals surface area contributed by atoms with E-state index in [-0.39, 0.29) is 6.61 Å². The number of aliphatic hydroxyl groups excluding tert-OH is 1. The van der Waals surface area contributed by atoms with Gasteiger partial charge in [0, 0.05) is 14.1 Å². The van der Waals surface area contributed by atoms with E-state index in [0.717, 1.165) is 15.4 Å². The van der Waals surface area contributed by atoms with Crippen molar-refractivity contribution in [2.75, 3.05) is 14.1 Å². The molecule has 0 aliphatic carbocycles. The fraction of sp³-hybridized carbons (Fsp3) is 0.526. The van der Waals surface area contributed by atoms with Crippen molar-refractivity contribution >= 4 is 27.6 Å². The molecule has 2 aliphatic rings. The fourth-order valence-electron chi connectivity index (χ4n) is 3.84. The Kier molecular flexibility index (Phi) is 5.20. The van der Waals surface area contributed by atoms with Crippen LogP contribution in [0.2, 0.25) is 0 Å². The molecule has 0 aromatic heterocycles. The van der Waals surface area contributed by atoms with Crippen LogP contribution in [0.5, 0.6) is 0 Å². The van der Waals surface area contributed by atoms with E-state index in [1.165, 1.54) is 27.9 Å². The molecule has 3 rings (SSSR count). The molecule has 0 saturated carbocycles. The third-order valence-corrected chi connectivity index (χ3v) is 8.44. The smallest absolute Gasteiger partial charge is 0.330 e. The second-order valence-corrected chi connectivity index (χ2v) is 10.6. The standard InChI is InChI=1S/C19H24N2O7S/c1-19(2)14(18(25)28-10-11-8-6-5-7-9-11)21-15(23)12(17(21)29(19,26)27)13(22)16(24)20(3)4/h5-9,12-14,17,22H,10H2,1-4H3/t12-,13+,14+,17-/m1/s1. The number of aliphatic hydroxyl groups is 1. The SMILES string of the molecule is CN(C)C(=O)[C@@H](O)[C@@H]1C(=O)N2[C@@H](C(=O)OCc3ccccc3)C(C)(C)S(=O)(=O)[C@H]12. The highest BCUT2D eigenvalue weighted by atomic mass is 32.2. The van der Waals surface area contributed by atoms with E-state index in [1.807, 2.05) is 6.07 Å². The first-order valence-corrected chi connectivity index (χ1v) is 10.6. The summed E-state index contributed by atoms with van der Waals surface area (Å²) in [6.45, 7) is 2.63. The fourth-order valence-corrected chi connectivity index (χ4v) is 6.16. The molecule has 1 N–H and O–H groups in total. The number of carbonyl (C=O) groups excluding carboxylic acids is 3. The number of sulfone groups is 1. The lowest BCUT2D eigenvalue weighted by Gasteiger charge is -2.44. The van der Waals surface area contributed by atoms with Crippen LogP contribution >= 0.6 is 0 Å². The molecule has 0 bridgehead atoms. The lowest BCUT2D eigenvalue weighted by molar-refractivity contribution is -0.175. The van der Waals surface area contributed by atoms with E-state index < -0.39 is 55.8 Å². The van der Waals surface area contributed by atoms with E-state index in [0.29, 0.717) is 0 Å². The number of likely N-dealkylation sites (N-methyl/N-ethyl adjacent to an activating group) is 1. The van der Waals surface area contributed by atoms with Gasteiger partial charge in [-0.2, -0.15) is 0 Å². The van der Waals surface area contributed by atoms with Gasteiger partial charge in [-0.25, -0.2) is 13.2 Å². The predicted molar refractivity (Wildman–Crippen MR) is 102 cm³/mol. The molecule has 2 aliphatic heterocycles. The van der Waals surface area contributed by atoms with E-state index in [4.69, 9.17) is 4.74 Å². The molecule has 2 heterocycles. The number of β-lactam (4-membered cyclic amide) rings is 1. The van der Waals surface area contributed by atoms with Crippen LogP contribution in [-0.4, -0.2) is 77.5 Å². The molecule has 2 fully saturated rings. The number of esters is 1. The highest BCUT2D eigenvalue weighted by Crippen LogP contribution is 2.50. The van der Waals surface area contributed by atoms with Gasteiger partial charge in [0.1, 0.15) is 30.0 Å². The minimum Gasteiger partial charge on any atom is -0.459 e. The number of carbonyl (C=O) groups is 3. The van der Waals surface area contributed by atoms with Crippen molar-refractivity contribution in [1.29, 1.82) is 0 Å². The number of benzene rings is 1. The first-order chi connectivity index (χ1) is 13.4. The van der Waals surface area contributed by atoms with Crippen molar-refractivity contribution in [2.24, 2.45) is 5.92 Å². The summed E-state index contributed by atoms with van der Waals surface area (Å²) < 4.78 is 29.8. The van der Waals surface area contributed by atoms with E-state index >= 15 is 0 Å². The third-order valence-electron chi connectivity index (χ3n) is 5.59. The molecular weight excluding hydrogens is 400 g/mol. The quantitative estimate of drug-likeness (QED) is 0.501. The molecule has 4 atom stereocenters. The minimum absolute atomic E-state index is 0.0653. The van der Waals surface area contributed by atoms with Gasteiger partial charge in [-0.3, -0.25) is 9.59 Å². The molecule has 158 valence electrons. The largest absolute Gasteiger partial charge is 0.459 e. The average Bonchev–Trinajstić information content (AvgIpc) is 2.80. The Hall–Kier alpha value is -2.46. The Bertz CT molecular complexity index is 943. The van der Waals surface area contributed by atoms with Gasteiger partial charge in [0.2, 0.25) is 5.91 Å². The van der Waals surface area contributed by atoms with E-state index in [2.05, 4.69) is 0 Å². The van der Waals surface area contributed by atoms with E-state index in [9.17, 15) is 27.9 Å². The van der Waals surface area contributed by atoms with Gasteiger partial charge in [-0.1, -0.05) is 30.3 Å². The van der Waals surface area contributed by atoms with Gasteiger partial charge in [0.15, 0.2) is 9.84 Å². The zero-order valence-electron chi connectivity index (χ0n) is 16.6. The van der Waals surface area contributed by atoms with Crippen LogP contribution in [-0.2, 0) is 35.6 Å². The van der Waals surface area contributed by atoms with Crippen molar-refractivity contribution in [3.8, 4) is 0 Å². The molecule has 0 unspecified atom stereocenters. The Morgan fingerprint density at radius 1 is 1.24 bits per heavy atom. The van der Waals surface area contributed by atoms with Gasteiger partial charge < -0.3 is 19.6 Å². The third kappa shape index (κ3) is 3.10. The molecule has 0 spiro atoms. The molecule has 1 aromatic rings. The van der Waals surface area contributed by atoms with Gasteiger partial charge in [-0.05, 0) is 19.4 Å². The maximum absolute atomic E-state index is 13.1. The first kappa shape index (κ1) is 21.3. The zero-order valence-corrected chi connectivity index (χ0v) is 17.4. The van der Waals surface area contributed by atoms with Crippen LogP contribution < -0.4 is 0 Å². The molecular formula is C19H24N2O7S. The van der Waals surface area contributed by atoms with Crippen LogP contribution in [0.15, 0.2) is 30.3 Å². The zero-order chi connectivity index (χ0) is 21.7. The number of fused-ring (bicyclic) bond motifs is 1. The summed E-state index contributed by atoms with van der Waals surface area (Å²) in [5, 5.41) is 8.84. The van der Waals surface area contributed by atoms with Gasteiger partial charge in [0.05, 0.1) is 4.75 Å². The van der Waals surface area contributed by atoms with E-state index in [1.54, 1.807) is 24.3 Å². The van der Waals surface area contributed by atoms with Crippen LogP contribution in [0.3, 0.4) is 0 Å². The Morgan fingerprint density at radius 3 is 2.38 bits per heavy atom. The van der Waals surface area contributed by atoms with Crippen molar-refractivity contribution in [3.63, 3.8) is 0 Å².